The van der Waals surface area contributed by atoms with Crippen LogP contribution in [0.2, 0.25) is 20.1 Å². The van der Waals surface area contributed by atoms with E-state index >= 15 is 0 Å². The van der Waals surface area contributed by atoms with E-state index in [1.807, 2.05) is 0 Å². The first-order valence-corrected chi connectivity index (χ1v) is 10.9. The molecule has 3 aromatic carbocycles. The maximum Gasteiger partial charge on any atom is 0.283 e. The van der Waals surface area contributed by atoms with Crippen LogP contribution >= 0.6 is 46.4 Å². The Morgan fingerprint density at radius 2 is 1.28 bits per heavy atom. The van der Waals surface area contributed by atoms with Gasteiger partial charge in [0, 0.05) is 27.8 Å². The van der Waals surface area contributed by atoms with Gasteiger partial charge in [-0.2, -0.15) is 8.42 Å². The highest BCUT2D eigenvalue weighted by molar-refractivity contribution is 7.87. The van der Waals surface area contributed by atoms with E-state index in [4.69, 9.17) is 46.4 Å². The highest BCUT2D eigenvalue weighted by atomic mass is 35.5. The van der Waals surface area contributed by atoms with Gasteiger partial charge in [0.25, 0.3) is 10.1 Å². The average molecular weight is 494 g/mol. The minimum absolute atomic E-state index is 0.0695. The SMILES string of the molecule is O=S(=O)(O)C(c1ccccc1O)(c1ccccc1Cl)c1c(Cl)c(O)cc(Cl)c1Cl. The molecule has 0 spiro atoms. The maximum absolute atomic E-state index is 13.0. The molecule has 5 nitrogen and oxygen atoms in total. The molecule has 1 unspecified atom stereocenters. The molecule has 1 atom stereocenters. The van der Waals surface area contributed by atoms with Gasteiger partial charge < -0.3 is 10.2 Å². The standard InChI is InChI=1S/C19H12Cl4O5S/c20-12-7-3-1-5-10(12)19(29(26,27)28,11-6-2-4-8-14(11)24)16-17(22)13(21)9-15(25)18(16)23/h1-9,24-25H,(H,26,27,28). The predicted molar refractivity (Wildman–Crippen MR) is 114 cm³/mol. The third kappa shape index (κ3) is 3.44. The molecular weight excluding hydrogens is 482 g/mol. The van der Waals surface area contributed by atoms with Gasteiger partial charge in [0.2, 0.25) is 0 Å². The highest BCUT2D eigenvalue weighted by Gasteiger charge is 2.54. The number of hydrogen-bond donors (Lipinski definition) is 3. The van der Waals surface area contributed by atoms with Crippen LogP contribution < -0.4 is 0 Å². The average Bonchev–Trinajstić information content (AvgIpc) is 2.64. The molecular formula is C19H12Cl4O5S. The summed E-state index contributed by atoms with van der Waals surface area (Å²) >= 11 is 25.0. The molecule has 0 aromatic heterocycles. The van der Waals surface area contributed by atoms with Crippen molar-refractivity contribution in [3.63, 3.8) is 0 Å². The first-order chi connectivity index (χ1) is 13.5. The summed E-state index contributed by atoms with van der Waals surface area (Å²) in [6.07, 6.45) is 0. The number of halogens is 4. The summed E-state index contributed by atoms with van der Waals surface area (Å²) in [6, 6.07) is 12.2. The zero-order valence-electron chi connectivity index (χ0n) is 14.3. The van der Waals surface area contributed by atoms with Gasteiger partial charge in [-0.1, -0.05) is 82.8 Å². The summed E-state index contributed by atoms with van der Waals surface area (Å²) in [5.41, 5.74) is -0.903. The Morgan fingerprint density at radius 1 is 0.724 bits per heavy atom. The summed E-state index contributed by atoms with van der Waals surface area (Å²) in [6.45, 7) is 0. The van der Waals surface area contributed by atoms with Crippen molar-refractivity contribution >= 4 is 56.5 Å². The molecule has 3 N–H and O–H groups in total. The zero-order valence-corrected chi connectivity index (χ0v) is 18.1. The number of hydrogen-bond acceptors (Lipinski definition) is 4. The summed E-state index contributed by atoms with van der Waals surface area (Å²) in [7, 11) is -5.19. The van der Waals surface area contributed by atoms with Crippen LogP contribution in [0.25, 0.3) is 0 Å². The quantitative estimate of drug-likeness (QED) is 0.239. The molecule has 29 heavy (non-hydrogen) atoms. The lowest BCUT2D eigenvalue weighted by Gasteiger charge is -2.35. The van der Waals surface area contributed by atoms with Gasteiger partial charge >= 0.3 is 0 Å². The fourth-order valence-corrected chi connectivity index (χ4v) is 5.88. The highest BCUT2D eigenvalue weighted by Crippen LogP contribution is 2.55. The molecule has 0 aliphatic rings. The van der Waals surface area contributed by atoms with Crippen molar-refractivity contribution in [2.24, 2.45) is 0 Å². The molecule has 0 aliphatic carbocycles. The number of phenols is 2. The van der Waals surface area contributed by atoms with E-state index < -0.39 is 37.0 Å². The third-order valence-corrected chi connectivity index (χ3v) is 7.33. The molecule has 10 heteroatoms. The van der Waals surface area contributed by atoms with Gasteiger partial charge in [-0.05, 0) is 12.1 Å². The fourth-order valence-electron chi connectivity index (χ4n) is 3.24. The topological polar surface area (TPSA) is 94.8 Å². The van der Waals surface area contributed by atoms with Crippen LogP contribution in [-0.4, -0.2) is 23.2 Å². The van der Waals surface area contributed by atoms with Crippen molar-refractivity contribution < 1.29 is 23.2 Å². The van der Waals surface area contributed by atoms with Crippen LogP contribution in [0.3, 0.4) is 0 Å². The van der Waals surface area contributed by atoms with Crippen LogP contribution in [0.15, 0.2) is 54.6 Å². The summed E-state index contributed by atoms with van der Waals surface area (Å²) in [5.74, 6) is -1.07. The number of rotatable bonds is 4. The smallest absolute Gasteiger partial charge is 0.283 e. The molecule has 0 fully saturated rings. The van der Waals surface area contributed by atoms with Crippen molar-refractivity contribution in [3.05, 3.63) is 91.4 Å². The van der Waals surface area contributed by atoms with Gasteiger partial charge in [0.15, 0.2) is 4.75 Å². The second-order valence-electron chi connectivity index (χ2n) is 6.03. The molecule has 3 aromatic rings. The molecule has 152 valence electrons. The van der Waals surface area contributed by atoms with E-state index in [0.717, 1.165) is 6.07 Å². The van der Waals surface area contributed by atoms with Gasteiger partial charge in [-0.25, -0.2) is 0 Å². The maximum atomic E-state index is 13.0. The van der Waals surface area contributed by atoms with E-state index in [2.05, 4.69) is 0 Å². The molecule has 0 bridgehead atoms. The van der Waals surface area contributed by atoms with Gasteiger partial charge in [0.05, 0.1) is 15.1 Å². The van der Waals surface area contributed by atoms with Crippen LogP contribution in [-0.2, 0) is 14.9 Å². The Kier molecular flexibility index (Phi) is 5.98. The van der Waals surface area contributed by atoms with Gasteiger partial charge in [-0.15, -0.1) is 0 Å². The molecule has 0 radical (unpaired) electrons. The lowest BCUT2D eigenvalue weighted by molar-refractivity contribution is 0.439. The largest absolute Gasteiger partial charge is 0.508 e. The van der Waals surface area contributed by atoms with Crippen LogP contribution in [0.1, 0.15) is 16.7 Å². The van der Waals surface area contributed by atoms with E-state index in [1.54, 1.807) is 6.07 Å². The Balaban J connectivity index is 2.72. The minimum atomic E-state index is -5.19. The Morgan fingerprint density at radius 3 is 1.83 bits per heavy atom. The molecule has 0 saturated carbocycles. The van der Waals surface area contributed by atoms with Crippen molar-refractivity contribution in [1.29, 1.82) is 0 Å². The van der Waals surface area contributed by atoms with E-state index in [0.29, 0.717) is 0 Å². The summed E-state index contributed by atoms with van der Waals surface area (Å²) in [4.78, 5) is 0. The van der Waals surface area contributed by atoms with Crippen LogP contribution in [0.4, 0.5) is 0 Å². The van der Waals surface area contributed by atoms with Crippen molar-refractivity contribution in [1.82, 2.24) is 0 Å². The Labute approximate surface area is 186 Å². The number of benzene rings is 3. The second-order valence-corrected chi connectivity index (χ2v) is 9.17. The van der Waals surface area contributed by atoms with E-state index in [1.165, 1.54) is 42.5 Å². The molecule has 3 rings (SSSR count). The second kappa shape index (κ2) is 7.87. The predicted octanol–water partition coefficient (Wildman–Crippen LogP) is 5.89. The van der Waals surface area contributed by atoms with Gasteiger partial charge in [-0.3, -0.25) is 4.55 Å². The van der Waals surface area contributed by atoms with Crippen molar-refractivity contribution in [2.75, 3.05) is 0 Å². The molecule has 0 heterocycles. The lowest BCUT2D eigenvalue weighted by atomic mass is 9.83. The first kappa shape index (κ1) is 22.0. The number of para-hydroxylation sites is 1. The van der Waals surface area contributed by atoms with Crippen molar-refractivity contribution in [2.45, 2.75) is 4.75 Å². The van der Waals surface area contributed by atoms with Crippen LogP contribution in [0.5, 0.6) is 11.5 Å². The lowest BCUT2D eigenvalue weighted by Crippen LogP contribution is -2.39. The monoisotopic (exact) mass is 492 g/mol. The minimum Gasteiger partial charge on any atom is -0.508 e. The first-order valence-electron chi connectivity index (χ1n) is 7.91. The van der Waals surface area contributed by atoms with Crippen molar-refractivity contribution in [3.8, 4) is 11.5 Å². The Hall–Kier alpha value is -1.67. The fraction of sp³-hybridized carbons (Fsp3) is 0.0526. The van der Waals surface area contributed by atoms with E-state index in [9.17, 15) is 23.2 Å². The van der Waals surface area contributed by atoms with Crippen LogP contribution in [0, 0.1) is 0 Å². The zero-order chi connectivity index (χ0) is 21.6. The molecule has 0 saturated heterocycles. The number of aromatic hydroxyl groups is 2. The van der Waals surface area contributed by atoms with Gasteiger partial charge in [0.1, 0.15) is 11.5 Å². The Bertz CT molecular complexity index is 1140. The number of phenolic OH excluding ortho intramolecular Hbond substituents is 2. The summed E-state index contributed by atoms with van der Waals surface area (Å²) < 4.78 is 34.0. The summed E-state index contributed by atoms with van der Waals surface area (Å²) in [5, 5.41) is 19.6. The normalized spacial score (nSPS) is 13.8. The molecule has 0 amide bonds. The third-order valence-electron chi connectivity index (χ3n) is 4.41. The molecule has 0 aliphatic heterocycles. The van der Waals surface area contributed by atoms with E-state index in [-0.39, 0.29) is 26.2 Å².